The second-order valence-corrected chi connectivity index (χ2v) is 3.57. The fraction of sp³-hybridized carbons (Fsp3) is 0.385. The van der Waals surface area contributed by atoms with E-state index in [1.165, 1.54) is 0 Å². The summed E-state index contributed by atoms with van der Waals surface area (Å²) in [6.07, 6.45) is 1.85. The van der Waals surface area contributed by atoms with E-state index >= 15 is 0 Å². The Kier molecular flexibility index (Phi) is 4.84. The third-order valence-corrected chi connectivity index (χ3v) is 2.39. The standard InChI is InChI=1S/C13H18O4/c1-9(8-14)7-10-5-6-11(15-2)13(17-4)12(10)16-3/h5-7,14H,8H2,1-4H3. The average Bonchev–Trinajstić information content (AvgIpc) is 2.37. The Bertz CT molecular complexity index is 410. The molecule has 0 heterocycles. The molecule has 0 saturated heterocycles. The maximum absolute atomic E-state index is 9.02. The van der Waals surface area contributed by atoms with Crippen molar-refractivity contribution in [3.8, 4) is 17.2 Å². The summed E-state index contributed by atoms with van der Waals surface area (Å²) in [5.74, 6) is 1.76. The molecule has 0 aromatic heterocycles. The van der Waals surface area contributed by atoms with E-state index in [1.807, 2.05) is 19.1 Å². The molecule has 1 aromatic rings. The van der Waals surface area contributed by atoms with Crippen LogP contribution in [0.2, 0.25) is 0 Å². The van der Waals surface area contributed by atoms with E-state index in [-0.39, 0.29) is 6.61 Å². The maximum atomic E-state index is 9.02. The zero-order valence-electron chi connectivity index (χ0n) is 10.6. The van der Waals surface area contributed by atoms with Gasteiger partial charge >= 0.3 is 0 Å². The van der Waals surface area contributed by atoms with Crippen LogP contribution >= 0.6 is 0 Å². The Balaban J connectivity index is 3.33. The molecule has 1 aromatic carbocycles. The topological polar surface area (TPSA) is 47.9 Å². The van der Waals surface area contributed by atoms with Gasteiger partial charge in [-0.1, -0.05) is 0 Å². The van der Waals surface area contributed by atoms with Crippen LogP contribution in [0.25, 0.3) is 6.08 Å². The summed E-state index contributed by atoms with van der Waals surface area (Å²) in [5.41, 5.74) is 1.69. The van der Waals surface area contributed by atoms with Gasteiger partial charge in [-0.05, 0) is 30.7 Å². The minimum atomic E-state index is 0.0114. The monoisotopic (exact) mass is 238 g/mol. The van der Waals surface area contributed by atoms with Crippen molar-refractivity contribution in [2.75, 3.05) is 27.9 Å². The van der Waals surface area contributed by atoms with Crippen LogP contribution in [0, 0.1) is 0 Å². The van der Waals surface area contributed by atoms with Crippen molar-refractivity contribution in [3.63, 3.8) is 0 Å². The zero-order valence-corrected chi connectivity index (χ0v) is 10.6. The Morgan fingerprint density at radius 2 is 1.76 bits per heavy atom. The molecule has 1 rings (SSSR count). The van der Waals surface area contributed by atoms with Crippen molar-refractivity contribution in [2.24, 2.45) is 0 Å². The highest BCUT2D eigenvalue weighted by Gasteiger charge is 2.14. The highest BCUT2D eigenvalue weighted by Crippen LogP contribution is 2.40. The van der Waals surface area contributed by atoms with Crippen molar-refractivity contribution in [1.29, 1.82) is 0 Å². The number of aliphatic hydroxyl groups excluding tert-OH is 1. The average molecular weight is 238 g/mol. The van der Waals surface area contributed by atoms with Crippen LogP contribution in [-0.2, 0) is 0 Å². The SMILES string of the molecule is COc1ccc(C=C(C)CO)c(OC)c1OC. The first-order valence-electron chi connectivity index (χ1n) is 5.24. The summed E-state index contributed by atoms with van der Waals surface area (Å²) >= 11 is 0. The normalized spacial score (nSPS) is 11.2. The molecule has 0 saturated carbocycles. The molecule has 0 amide bonds. The van der Waals surface area contributed by atoms with Gasteiger partial charge in [0, 0.05) is 5.56 Å². The van der Waals surface area contributed by atoms with Crippen molar-refractivity contribution in [3.05, 3.63) is 23.3 Å². The van der Waals surface area contributed by atoms with Crippen LogP contribution in [-0.4, -0.2) is 33.0 Å². The minimum absolute atomic E-state index is 0.0114. The molecule has 0 aliphatic heterocycles. The Labute approximate surface area is 101 Å². The van der Waals surface area contributed by atoms with Gasteiger partial charge < -0.3 is 19.3 Å². The second-order valence-electron chi connectivity index (χ2n) is 3.57. The van der Waals surface area contributed by atoms with Crippen LogP contribution in [0.15, 0.2) is 17.7 Å². The lowest BCUT2D eigenvalue weighted by molar-refractivity contribution is 0.323. The van der Waals surface area contributed by atoms with Crippen molar-refractivity contribution >= 4 is 6.08 Å². The smallest absolute Gasteiger partial charge is 0.203 e. The molecule has 0 unspecified atom stereocenters. The van der Waals surface area contributed by atoms with Gasteiger partial charge in [-0.15, -0.1) is 0 Å². The lowest BCUT2D eigenvalue weighted by Crippen LogP contribution is -1.97. The molecule has 4 heteroatoms. The molecular formula is C13H18O4. The highest BCUT2D eigenvalue weighted by molar-refractivity contribution is 5.67. The van der Waals surface area contributed by atoms with Crippen molar-refractivity contribution in [2.45, 2.75) is 6.92 Å². The minimum Gasteiger partial charge on any atom is -0.493 e. The van der Waals surface area contributed by atoms with E-state index in [4.69, 9.17) is 19.3 Å². The van der Waals surface area contributed by atoms with Crippen LogP contribution in [0.1, 0.15) is 12.5 Å². The lowest BCUT2D eigenvalue weighted by Gasteiger charge is -2.14. The quantitative estimate of drug-likeness (QED) is 0.853. The van der Waals surface area contributed by atoms with Gasteiger partial charge in [0.05, 0.1) is 27.9 Å². The van der Waals surface area contributed by atoms with Crippen molar-refractivity contribution in [1.82, 2.24) is 0 Å². The van der Waals surface area contributed by atoms with Gasteiger partial charge in [0.25, 0.3) is 0 Å². The molecule has 17 heavy (non-hydrogen) atoms. The summed E-state index contributed by atoms with van der Waals surface area (Å²) in [4.78, 5) is 0. The lowest BCUT2D eigenvalue weighted by atomic mass is 10.1. The van der Waals surface area contributed by atoms with Crippen LogP contribution < -0.4 is 14.2 Å². The zero-order chi connectivity index (χ0) is 12.8. The molecule has 94 valence electrons. The molecule has 0 radical (unpaired) electrons. The fourth-order valence-corrected chi connectivity index (χ4v) is 1.55. The van der Waals surface area contributed by atoms with E-state index in [0.717, 1.165) is 11.1 Å². The van der Waals surface area contributed by atoms with Crippen molar-refractivity contribution < 1.29 is 19.3 Å². The largest absolute Gasteiger partial charge is 0.493 e. The number of rotatable bonds is 5. The molecule has 0 aliphatic rings. The molecule has 0 bridgehead atoms. The van der Waals surface area contributed by atoms with E-state index in [2.05, 4.69) is 0 Å². The number of hydrogen-bond acceptors (Lipinski definition) is 4. The van der Waals surface area contributed by atoms with Gasteiger partial charge in [-0.3, -0.25) is 0 Å². The van der Waals surface area contributed by atoms with Crippen LogP contribution in [0.4, 0.5) is 0 Å². The van der Waals surface area contributed by atoms with Gasteiger partial charge in [0.15, 0.2) is 11.5 Å². The number of ether oxygens (including phenoxy) is 3. The molecule has 0 fully saturated rings. The van der Waals surface area contributed by atoms with Crippen LogP contribution in [0.5, 0.6) is 17.2 Å². The Hall–Kier alpha value is -1.68. The summed E-state index contributed by atoms with van der Waals surface area (Å²) in [7, 11) is 4.71. The Morgan fingerprint density at radius 1 is 1.12 bits per heavy atom. The molecule has 0 spiro atoms. The van der Waals surface area contributed by atoms with E-state index < -0.39 is 0 Å². The van der Waals surface area contributed by atoms with E-state index in [1.54, 1.807) is 27.4 Å². The third kappa shape index (κ3) is 2.91. The van der Waals surface area contributed by atoms with E-state index in [0.29, 0.717) is 17.2 Å². The molecule has 0 aliphatic carbocycles. The Morgan fingerprint density at radius 3 is 2.24 bits per heavy atom. The second kappa shape index (κ2) is 6.15. The fourth-order valence-electron chi connectivity index (χ4n) is 1.55. The number of hydrogen-bond donors (Lipinski definition) is 1. The summed E-state index contributed by atoms with van der Waals surface area (Å²) in [6.45, 7) is 1.85. The summed E-state index contributed by atoms with van der Waals surface area (Å²) in [5, 5.41) is 9.02. The van der Waals surface area contributed by atoms with E-state index in [9.17, 15) is 0 Å². The van der Waals surface area contributed by atoms with Gasteiger partial charge in [0.1, 0.15) is 0 Å². The third-order valence-electron chi connectivity index (χ3n) is 2.39. The van der Waals surface area contributed by atoms with Gasteiger partial charge in [0.2, 0.25) is 5.75 Å². The first-order valence-corrected chi connectivity index (χ1v) is 5.24. The number of aliphatic hydroxyl groups is 1. The summed E-state index contributed by atoms with van der Waals surface area (Å²) in [6, 6.07) is 3.66. The predicted molar refractivity (Wildman–Crippen MR) is 66.8 cm³/mol. The predicted octanol–water partition coefficient (Wildman–Crippen LogP) is 2.11. The molecule has 0 atom stereocenters. The summed E-state index contributed by atoms with van der Waals surface area (Å²) < 4.78 is 15.8. The van der Waals surface area contributed by atoms with Crippen LogP contribution in [0.3, 0.4) is 0 Å². The maximum Gasteiger partial charge on any atom is 0.203 e. The first kappa shape index (κ1) is 13.4. The first-order chi connectivity index (χ1) is 8.17. The molecule has 1 N–H and O–H groups in total. The highest BCUT2D eigenvalue weighted by atomic mass is 16.5. The van der Waals surface area contributed by atoms with Gasteiger partial charge in [-0.2, -0.15) is 0 Å². The molecule has 4 nitrogen and oxygen atoms in total. The number of methoxy groups -OCH3 is 3. The number of benzene rings is 1. The van der Waals surface area contributed by atoms with Gasteiger partial charge in [-0.25, -0.2) is 0 Å². The molecular weight excluding hydrogens is 220 g/mol.